The van der Waals surface area contributed by atoms with E-state index in [4.69, 9.17) is 14.2 Å². The molecule has 1 aromatic rings. The number of nitrogens with zero attached hydrogens (tertiary/aromatic N) is 1. The quantitative estimate of drug-likeness (QED) is 0.337. The molecule has 3 aliphatic rings. The molecule has 0 saturated carbocycles. The van der Waals surface area contributed by atoms with Crippen LogP contribution in [0.4, 0.5) is 0 Å². The predicted octanol–water partition coefficient (Wildman–Crippen LogP) is 5.32. The van der Waals surface area contributed by atoms with Gasteiger partial charge in [0.05, 0.1) is 35.1 Å². The number of rotatable bonds is 2. The predicted molar refractivity (Wildman–Crippen MR) is 138 cm³/mol. The van der Waals surface area contributed by atoms with Gasteiger partial charge in [-0.15, -0.1) is 11.3 Å². The van der Waals surface area contributed by atoms with Crippen LogP contribution in [0.3, 0.4) is 0 Å². The van der Waals surface area contributed by atoms with Gasteiger partial charge in [-0.2, -0.15) is 0 Å². The number of aryl methyl sites for hydroxylation is 1. The first-order valence-corrected chi connectivity index (χ1v) is 13.4. The van der Waals surface area contributed by atoms with Gasteiger partial charge in [0.1, 0.15) is 12.2 Å². The standard InChI is InChI=1S/C28H37NO5S/c1-17-11-18(2)13-24(30)28-26(34-28)15-25(19(3)14-21-16-35-20(4)29-21)33-27(31)10-6-8-22-7-5-9-23(12-17)32-22/h5-7,10,14,16-17,22-26,28,30H,2,8-9,11-13,15H2,1,3-4H3/b10-6-,19-14+/t17-,22-,23-,24-,25-,26-,28-/m0/s1. The molecule has 35 heavy (non-hydrogen) atoms. The first kappa shape index (κ1) is 26.0. The van der Waals surface area contributed by atoms with E-state index in [1.54, 1.807) is 11.3 Å². The topological polar surface area (TPSA) is 81.2 Å². The number of hydrogen-bond acceptors (Lipinski definition) is 7. The molecule has 3 aliphatic heterocycles. The Labute approximate surface area is 212 Å². The fourth-order valence-corrected chi connectivity index (χ4v) is 5.58. The van der Waals surface area contributed by atoms with Crippen LogP contribution in [-0.2, 0) is 19.0 Å². The van der Waals surface area contributed by atoms with Crippen LogP contribution < -0.4 is 0 Å². The number of carbonyl (C=O) groups is 1. The summed E-state index contributed by atoms with van der Waals surface area (Å²) in [6, 6.07) is 0. The van der Waals surface area contributed by atoms with E-state index in [1.807, 2.05) is 31.4 Å². The fraction of sp³-hybridized carbons (Fsp3) is 0.571. The normalized spacial score (nSPS) is 36.0. The molecule has 0 unspecified atom stereocenters. The first-order valence-electron chi connectivity index (χ1n) is 12.6. The van der Waals surface area contributed by atoms with E-state index in [1.165, 1.54) is 6.08 Å². The molecule has 2 bridgehead atoms. The van der Waals surface area contributed by atoms with E-state index < -0.39 is 18.2 Å². The fourth-order valence-electron chi connectivity index (χ4n) is 5.01. The van der Waals surface area contributed by atoms with Crippen LogP contribution in [0.5, 0.6) is 0 Å². The lowest BCUT2D eigenvalue weighted by Gasteiger charge is -2.28. The molecule has 1 fully saturated rings. The summed E-state index contributed by atoms with van der Waals surface area (Å²) in [7, 11) is 0. The molecular weight excluding hydrogens is 462 g/mol. The zero-order valence-corrected chi connectivity index (χ0v) is 21.7. The smallest absolute Gasteiger partial charge is 0.331 e. The van der Waals surface area contributed by atoms with Crippen LogP contribution in [0.1, 0.15) is 63.1 Å². The van der Waals surface area contributed by atoms with Gasteiger partial charge < -0.3 is 19.3 Å². The highest BCUT2D eigenvalue weighted by Crippen LogP contribution is 2.35. The van der Waals surface area contributed by atoms with Gasteiger partial charge in [-0.1, -0.05) is 37.3 Å². The summed E-state index contributed by atoms with van der Waals surface area (Å²) in [6.07, 6.45) is 12.4. The minimum absolute atomic E-state index is 0.0418. The maximum absolute atomic E-state index is 12.7. The van der Waals surface area contributed by atoms with Crippen molar-refractivity contribution in [2.75, 3.05) is 0 Å². The van der Waals surface area contributed by atoms with Crippen molar-refractivity contribution in [3.63, 3.8) is 0 Å². The number of thiazole rings is 1. The second-order valence-electron chi connectivity index (χ2n) is 10.1. The molecule has 1 saturated heterocycles. The highest BCUT2D eigenvalue weighted by atomic mass is 32.1. The van der Waals surface area contributed by atoms with Gasteiger partial charge in [-0.05, 0) is 63.5 Å². The zero-order valence-electron chi connectivity index (χ0n) is 20.9. The van der Waals surface area contributed by atoms with Crippen molar-refractivity contribution in [2.45, 2.75) is 95.9 Å². The molecule has 6 nitrogen and oxygen atoms in total. The summed E-state index contributed by atoms with van der Waals surface area (Å²) in [5, 5.41) is 13.7. The summed E-state index contributed by atoms with van der Waals surface area (Å²) in [6.45, 7) is 10.3. The largest absolute Gasteiger partial charge is 0.455 e. The van der Waals surface area contributed by atoms with Crippen molar-refractivity contribution < 1.29 is 24.1 Å². The Bertz CT molecular complexity index is 995. The average Bonchev–Trinajstić information content (AvgIpc) is 3.44. The molecule has 4 rings (SSSR count). The Hall–Kier alpha value is -2.06. The van der Waals surface area contributed by atoms with Crippen molar-refractivity contribution in [1.29, 1.82) is 0 Å². The monoisotopic (exact) mass is 499 g/mol. The molecule has 0 radical (unpaired) electrons. The molecule has 0 aliphatic carbocycles. The summed E-state index contributed by atoms with van der Waals surface area (Å²) < 4.78 is 17.9. The van der Waals surface area contributed by atoms with E-state index in [2.05, 4.69) is 30.6 Å². The number of aromatic nitrogens is 1. The lowest BCUT2D eigenvalue weighted by molar-refractivity contribution is -0.141. The van der Waals surface area contributed by atoms with Crippen LogP contribution in [0.15, 0.2) is 47.4 Å². The van der Waals surface area contributed by atoms with Crippen molar-refractivity contribution in [3.8, 4) is 0 Å². The van der Waals surface area contributed by atoms with E-state index in [0.717, 1.165) is 41.1 Å². The molecule has 0 spiro atoms. The third-order valence-corrected chi connectivity index (χ3v) is 7.56. The highest BCUT2D eigenvalue weighted by molar-refractivity contribution is 7.09. The molecule has 1 N–H and O–H groups in total. The Kier molecular flexibility index (Phi) is 8.76. The van der Waals surface area contributed by atoms with Crippen LogP contribution >= 0.6 is 11.3 Å². The van der Waals surface area contributed by atoms with Gasteiger partial charge in [0.25, 0.3) is 0 Å². The molecule has 190 valence electrons. The van der Waals surface area contributed by atoms with Crippen LogP contribution in [0.25, 0.3) is 6.08 Å². The number of carbonyl (C=O) groups excluding carboxylic acids is 1. The summed E-state index contributed by atoms with van der Waals surface area (Å²) in [5.41, 5.74) is 2.78. The maximum atomic E-state index is 12.7. The Morgan fingerprint density at radius 1 is 1.23 bits per heavy atom. The molecule has 1 aromatic heterocycles. The van der Waals surface area contributed by atoms with Crippen molar-refractivity contribution >= 4 is 23.4 Å². The number of aliphatic hydroxyl groups is 1. The van der Waals surface area contributed by atoms with Gasteiger partial charge in [0, 0.05) is 17.9 Å². The van der Waals surface area contributed by atoms with E-state index in [0.29, 0.717) is 25.2 Å². The second kappa shape index (κ2) is 11.8. The zero-order chi connectivity index (χ0) is 24.9. The minimum Gasteiger partial charge on any atom is -0.455 e. The third kappa shape index (κ3) is 7.71. The summed E-state index contributed by atoms with van der Waals surface area (Å²) >= 11 is 1.58. The third-order valence-electron chi connectivity index (χ3n) is 6.77. The van der Waals surface area contributed by atoms with Gasteiger partial charge in [-0.25, -0.2) is 9.78 Å². The number of cyclic esters (lactones) is 1. The number of esters is 1. The van der Waals surface area contributed by atoms with E-state index in [-0.39, 0.29) is 24.4 Å². The molecule has 0 amide bonds. The van der Waals surface area contributed by atoms with Crippen LogP contribution in [0, 0.1) is 12.8 Å². The van der Waals surface area contributed by atoms with Gasteiger partial charge in [0.2, 0.25) is 0 Å². The maximum Gasteiger partial charge on any atom is 0.331 e. The molecular formula is C28H37NO5S. The number of epoxide rings is 1. The number of fused-ring (bicyclic) bond motifs is 3. The van der Waals surface area contributed by atoms with Crippen LogP contribution in [0.2, 0.25) is 0 Å². The SMILES string of the molecule is C=C1C[C@H](C)C[C@@H]2CC=C[C@@H](C/C=C\C(=O)O[C@H](/C(C)=C/c3csc(C)n3)C[C@@H]3O[C@H]3[C@@H](O)C1)O2. The Morgan fingerprint density at radius 3 is 2.83 bits per heavy atom. The average molecular weight is 500 g/mol. The van der Waals surface area contributed by atoms with Crippen molar-refractivity contribution in [3.05, 3.63) is 58.1 Å². The lowest BCUT2D eigenvalue weighted by atomic mass is 9.91. The number of ether oxygens (including phenoxy) is 3. The molecule has 7 atom stereocenters. The van der Waals surface area contributed by atoms with Crippen molar-refractivity contribution in [1.82, 2.24) is 4.98 Å². The summed E-state index contributed by atoms with van der Waals surface area (Å²) in [4.78, 5) is 17.2. The van der Waals surface area contributed by atoms with Crippen LogP contribution in [-0.4, -0.2) is 52.7 Å². The van der Waals surface area contributed by atoms with Gasteiger partial charge >= 0.3 is 5.97 Å². The van der Waals surface area contributed by atoms with E-state index >= 15 is 0 Å². The second-order valence-corrected chi connectivity index (χ2v) is 11.2. The molecule has 0 aromatic carbocycles. The van der Waals surface area contributed by atoms with Gasteiger partial charge in [-0.3, -0.25) is 0 Å². The van der Waals surface area contributed by atoms with E-state index in [9.17, 15) is 9.90 Å². The molecule has 4 heterocycles. The Balaban J connectivity index is 1.50. The number of hydrogen-bond donors (Lipinski definition) is 1. The van der Waals surface area contributed by atoms with Crippen molar-refractivity contribution in [2.24, 2.45) is 5.92 Å². The highest BCUT2D eigenvalue weighted by Gasteiger charge is 2.46. The minimum atomic E-state index is -0.612. The first-order chi connectivity index (χ1) is 16.8. The lowest BCUT2D eigenvalue weighted by Crippen LogP contribution is -2.26. The summed E-state index contributed by atoms with van der Waals surface area (Å²) in [5.74, 6) is 0.0214. The van der Waals surface area contributed by atoms with Gasteiger partial charge in [0.15, 0.2) is 0 Å². The number of aliphatic hydroxyl groups excluding tert-OH is 1. The molecule has 7 heteroatoms. The Morgan fingerprint density at radius 2 is 2.06 bits per heavy atom.